The standard InChI is InChI=1S/C12H6Br2O6/c1-4(15)19-10-8(14)7(13)3-5-2-6(11(16)17)12(18)20-9(5)10/h2-3H,1H3,(H,16,17). The molecule has 104 valence electrons. The van der Waals surface area contributed by atoms with E-state index >= 15 is 0 Å². The van der Waals surface area contributed by atoms with Crippen LogP contribution in [0.1, 0.15) is 17.3 Å². The maximum atomic E-state index is 11.6. The van der Waals surface area contributed by atoms with Crippen LogP contribution < -0.4 is 10.4 Å². The van der Waals surface area contributed by atoms with Gasteiger partial charge in [0.15, 0.2) is 11.3 Å². The van der Waals surface area contributed by atoms with Crippen molar-refractivity contribution in [3.8, 4) is 5.75 Å². The number of ether oxygens (including phenoxy) is 1. The van der Waals surface area contributed by atoms with Gasteiger partial charge in [-0.15, -0.1) is 0 Å². The Morgan fingerprint density at radius 1 is 1.30 bits per heavy atom. The molecule has 0 atom stereocenters. The zero-order valence-electron chi connectivity index (χ0n) is 9.90. The number of fused-ring (bicyclic) bond motifs is 1. The highest BCUT2D eigenvalue weighted by Gasteiger charge is 2.19. The van der Waals surface area contributed by atoms with E-state index in [4.69, 9.17) is 14.3 Å². The molecule has 0 unspecified atom stereocenters. The third-order valence-electron chi connectivity index (χ3n) is 2.35. The number of hydrogen-bond donors (Lipinski definition) is 1. The molecular formula is C12H6Br2O6. The second-order valence-corrected chi connectivity index (χ2v) is 5.41. The molecule has 0 bridgehead atoms. The van der Waals surface area contributed by atoms with Crippen molar-refractivity contribution in [1.82, 2.24) is 0 Å². The van der Waals surface area contributed by atoms with Crippen molar-refractivity contribution in [3.05, 3.63) is 37.1 Å². The molecule has 1 heterocycles. The van der Waals surface area contributed by atoms with E-state index in [1.807, 2.05) is 0 Å². The van der Waals surface area contributed by atoms with Crippen LogP contribution in [-0.2, 0) is 4.79 Å². The summed E-state index contributed by atoms with van der Waals surface area (Å²) in [6, 6.07) is 2.70. The molecule has 0 fully saturated rings. The van der Waals surface area contributed by atoms with E-state index < -0.39 is 23.1 Å². The van der Waals surface area contributed by atoms with Crippen molar-refractivity contribution >= 4 is 54.8 Å². The Kier molecular flexibility index (Phi) is 3.96. The van der Waals surface area contributed by atoms with Crippen molar-refractivity contribution in [1.29, 1.82) is 0 Å². The fourth-order valence-electron chi connectivity index (χ4n) is 1.56. The third kappa shape index (κ3) is 2.61. The Hall–Kier alpha value is -1.67. The molecule has 0 aliphatic carbocycles. The van der Waals surface area contributed by atoms with Crippen LogP contribution in [0.3, 0.4) is 0 Å². The molecule has 0 saturated carbocycles. The first-order chi connectivity index (χ1) is 9.31. The normalized spacial score (nSPS) is 10.6. The highest BCUT2D eigenvalue weighted by molar-refractivity contribution is 9.13. The van der Waals surface area contributed by atoms with E-state index in [1.54, 1.807) is 6.07 Å². The molecule has 8 heteroatoms. The van der Waals surface area contributed by atoms with Crippen LogP contribution in [0, 0.1) is 0 Å². The number of hydrogen-bond acceptors (Lipinski definition) is 5. The smallest absolute Gasteiger partial charge is 0.351 e. The van der Waals surface area contributed by atoms with Gasteiger partial charge in [0.05, 0.1) is 4.47 Å². The number of carbonyl (C=O) groups is 2. The third-order valence-corrected chi connectivity index (χ3v) is 4.30. The van der Waals surface area contributed by atoms with Crippen molar-refractivity contribution in [2.45, 2.75) is 6.92 Å². The predicted octanol–water partition coefficient (Wildman–Crippen LogP) is 2.94. The summed E-state index contributed by atoms with van der Waals surface area (Å²) >= 11 is 6.43. The van der Waals surface area contributed by atoms with E-state index in [9.17, 15) is 14.4 Å². The number of carbonyl (C=O) groups excluding carboxylic acids is 1. The second kappa shape index (κ2) is 5.37. The predicted molar refractivity (Wildman–Crippen MR) is 76.2 cm³/mol. The van der Waals surface area contributed by atoms with Gasteiger partial charge in [0.2, 0.25) is 0 Å². The molecule has 0 amide bonds. The van der Waals surface area contributed by atoms with Crippen LogP contribution in [0.2, 0.25) is 0 Å². The number of aromatic carboxylic acids is 1. The lowest BCUT2D eigenvalue weighted by atomic mass is 10.2. The van der Waals surface area contributed by atoms with Gasteiger partial charge in [-0.05, 0) is 44.0 Å². The Labute approximate surface area is 128 Å². The summed E-state index contributed by atoms with van der Waals surface area (Å²) in [6.45, 7) is 1.20. The zero-order valence-corrected chi connectivity index (χ0v) is 13.1. The van der Waals surface area contributed by atoms with Crippen LogP contribution >= 0.6 is 31.9 Å². The number of carboxylic acid groups (broad SMARTS) is 1. The van der Waals surface area contributed by atoms with Gasteiger partial charge in [-0.3, -0.25) is 4.79 Å². The largest absolute Gasteiger partial charge is 0.477 e. The lowest BCUT2D eigenvalue weighted by Gasteiger charge is -2.09. The lowest BCUT2D eigenvalue weighted by Crippen LogP contribution is -2.13. The maximum absolute atomic E-state index is 11.6. The first-order valence-corrected chi connectivity index (χ1v) is 6.77. The van der Waals surface area contributed by atoms with E-state index in [0.29, 0.717) is 14.3 Å². The molecule has 0 saturated heterocycles. The molecule has 1 N–H and O–H groups in total. The summed E-state index contributed by atoms with van der Waals surface area (Å²) < 4.78 is 10.9. The SMILES string of the molecule is CC(=O)Oc1c(Br)c(Br)cc2cc(C(=O)O)c(=O)oc12. The minimum absolute atomic E-state index is 0.00900. The van der Waals surface area contributed by atoms with Crippen LogP contribution in [0.25, 0.3) is 11.0 Å². The Bertz CT molecular complexity index is 793. The van der Waals surface area contributed by atoms with Crippen molar-refractivity contribution in [2.24, 2.45) is 0 Å². The monoisotopic (exact) mass is 404 g/mol. The van der Waals surface area contributed by atoms with Gasteiger partial charge in [-0.1, -0.05) is 0 Å². The molecule has 6 nitrogen and oxygen atoms in total. The van der Waals surface area contributed by atoms with Crippen LogP contribution in [-0.4, -0.2) is 17.0 Å². The maximum Gasteiger partial charge on any atom is 0.351 e. The Morgan fingerprint density at radius 3 is 2.50 bits per heavy atom. The molecule has 0 radical (unpaired) electrons. The van der Waals surface area contributed by atoms with Crippen molar-refractivity contribution in [2.75, 3.05) is 0 Å². The topological polar surface area (TPSA) is 93.8 Å². The average molecular weight is 406 g/mol. The van der Waals surface area contributed by atoms with Crippen molar-refractivity contribution in [3.63, 3.8) is 0 Å². The van der Waals surface area contributed by atoms with Crippen LogP contribution in [0.4, 0.5) is 0 Å². The fraction of sp³-hybridized carbons (Fsp3) is 0.0833. The molecule has 0 aliphatic rings. The van der Waals surface area contributed by atoms with Gasteiger partial charge in [0, 0.05) is 16.8 Å². The van der Waals surface area contributed by atoms with Crippen LogP contribution in [0.5, 0.6) is 5.75 Å². The summed E-state index contributed by atoms with van der Waals surface area (Å²) in [5.74, 6) is -1.99. The summed E-state index contributed by atoms with van der Waals surface area (Å²) in [4.78, 5) is 33.6. The Balaban J connectivity index is 2.87. The second-order valence-electron chi connectivity index (χ2n) is 3.77. The molecule has 2 aromatic rings. The van der Waals surface area contributed by atoms with Gasteiger partial charge >= 0.3 is 17.6 Å². The van der Waals surface area contributed by atoms with Crippen LogP contribution in [0.15, 0.2) is 30.3 Å². The number of carboxylic acids is 1. The zero-order chi connectivity index (χ0) is 15.0. The highest BCUT2D eigenvalue weighted by atomic mass is 79.9. The van der Waals surface area contributed by atoms with E-state index in [2.05, 4.69) is 31.9 Å². The highest BCUT2D eigenvalue weighted by Crippen LogP contribution is 2.39. The molecule has 0 aliphatic heterocycles. The van der Waals surface area contributed by atoms with E-state index in [1.165, 1.54) is 6.92 Å². The first kappa shape index (κ1) is 14.7. The minimum Gasteiger partial charge on any atom is -0.477 e. The number of rotatable bonds is 2. The summed E-state index contributed by atoms with van der Waals surface area (Å²) in [5, 5.41) is 9.21. The number of benzene rings is 1. The molecule has 20 heavy (non-hydrogen) atoms. The van der Waals surface area contributed by atoms with Gasteiger partial charge < -0.3 is 14.3 Å². The quantitative estimate of drug-likeness (QED) is 0.469. The number of esters is 1. The van der Waals surface area contributed by atoms with Crippen molar-refractivity contribution < 1.29 is 23.8 Å². The molecule has 2 rings (SSSR count). The fourth-order valence-corrected chi connectivity index (χ4v) is 2.37. The average Bonchev–Trinajstić information content (AvgIpc) is 2.34. The summed E-state index contributed by atoms with van der Waals surface area (Å²) in [7, 11) is 0. The van der Waals surface area contributed by atoms with Gasteiger partial charge in [0.1, 0.15) is 5.56 Å². The van der Waals surface area contributed by atoms with E-state index in [-0.39, 0.29) is 11.3 Å². The first-order valence-electron chi connectivity index (χ1n) is 5.19. The van der Waals surface area contributed by atoms with Gasteiger partial charge in [-0.25, -0.2) is 9.59 Å². The minimum atomic E-state index is -1.39. The molecular weight excluding hydrogens is 400 g/mol. The van der Waals surface area contributed by atoms with Gasteiger partial charge in [-0.2, -0.15) is 0 Å². The molecule has 1 aromatic heterocycles. The van der Waals surface area contributed by atoms with E-state index in [0.717, 1.165) is 6.07 Å². The summed E-state index contributed by atoms with van der Waals surface area (Å²) in [5.41, 5.74) is -1.53. The lowest BCUT2D eigenvalue weighted by molar-refractivity contribution is -0.131. The molecule has 1 aromatic carbocycles. The molecule has 0 spiro atoms. The number of halogens is 2. The Morgan fingerprint density at radius 2 is 1.95 bits per heavy atom. The van der Waals surface area contributed by atoms with Gasteiger partial charge in [0.25, 0.3) is 0 Å². The summed E-state index contributed by atoms with van der Waals surface area (Å²) in [6.07, 6.45) is 0.